The number of amides is 2. The number of aromatic nitrogens is 1. The van der Waals surface area contributed by atoms with E-state index in [-0.39, 0.29) is 24.3 Å². The van der Waals surface area contributed by atoms with Crippen LogP contribution in [-0.2, 0) is 16.0 Å². The van der Waals surface area contributed by atoms with Crippen LogP contribution in [0.3, 0.4) is 0 Å². The number of carbonyl (C=O) groups is 3. The second kappa shape index (κ2) is 9.68. The molecular formula is C25H27N3O4. The zero-order valence-corrected chi connectivity index (χ0v) is 17.7. The van der Waals surface area contributed by atoms with Gasteiger partial charge in [0.2, 0.25) is 5.91 Å². The molecule has 7 nitrogen and oxygen atoms in total. The number of H-pyrrole nitrogens is 1. The molecule has 1 saturated carbocycles. The highest BCUT2D eigenvalue weighted by Gasteiger charge is 2.34. The molecule has 0 radical (unpaired) electrons. The molecule has 1 heterocycles. The number of hydrogen-bond donors (Lipinski definition) is 4. The number of carboxylic acids is 1. The first-order chi connectivity index (χ1) is 15.5. The summed E-state index contributed by atoms with van der Waals surface area (Å²) in [5, 5.41) is 16.2. The van der Waals surface area contributed by atoms with Gasteiger partial charge in [0, 0.05) is 29.6 Å². The van der Waals surface area contributed by atoms with E-state index in [9.17, 15) is 19.5 Å². The van der Waals surface area contributed by atoms with Gasteiger partial charge in [0.15, 0.2) is 0 Å². The fourth-order valence-corrected chi connectivity index (χ4v) is 4.45. The van der Waals surface area contributed by atoms with E-state index in [0.29, 0.717) is 18.4 Å². The molecule has 0 saturated heterocycles. The molecule has 1 aromatic heterocycles. The summed E-state index contributed by atoms with van der Waals surface area (Å²) in [7, 11) is 0. The molecule has 0 aliphatic heterocycles. The number of para-hydroxylation sites is 1. The number of nitrogens with one attached hydrogen (secondary N) is 3. The number of hydrogen-bond acceptors (Lipinski definition) is 3. The summed E-state index contributed by atoms with van der Waals surface area (Å²) in [6.45, 7) is 0. The van der Waals surface area contributed by atoms with E-state index in [1.54, 1.807) is 6.20 Å². The van der Waals surface area contributed by atoms with E-state index in [1.807, 2.05) is 54.6 Å². The van der Waals surface area contributed by atoms with Crippen LogP contribution in [0, 0.1) is 5.92 Å². The van der Waals surface area contributed by atoms with Gasteiger partial charge in [-0.05, 0) is 24.5 Å². The van der Waals surface area contributed by atoms with Gasteiger partial charge in [-0.2, -0.15) is 0 Å². The van der Waals surface area contributed by atoms with Gasteiger partial charge in [-0.1, -0.05) is 61.4 Å². The Kier molecular flexibility index (Phi) is 6.54. The maximum atomic E-state index is 13.1. The Morgan fingerprint density at radius 2 is 1.72 bits per heavy atom. The standard InChI is InChI=1S/C25H27N3O4/c29-23(28-22(25(31)32)14-16-8-2-1-3-9-16)18-11-5-7-13-21(18)27-24(30)19-15-26-20-12-6-4-10-17(19)20/h1-4,6,8-10,12,15,18,21-22,26H,5,7,11,13-14H2,(H,27,30)(H,28,29)(H,31,32)/t18-,21-,22+/m1/s1. The van der Waals surface area contributed by atoms with Gasteiger partial charge >= 0.3 is 5.97 Å². The van der Waals surface area contributed by atoms with Crippen LogP contribution in [0.15, 0.2) is 60.8 Å². The number of aliphatic carboxylic acids is 1. The third kappa shape index (κ3) is 4.82. The second-order valence-corrected chi connectivity index (χ2v) is 8.31. The van der Waals surface area contributed by atoms with Crippen LogP contribution < -0.4 is 10.6 Å². The van der Waals surface area contributed by atoms with Crippen LogP contribution in [0.2, 0.25) is 0 Å². The first kappa shape index (κ1) is 21.6. The molecule has 0 bridgehead atoms. The minimum atomic E-state index is -1.07. The van der Waals surface area contributed by atoms with E-state index in [4.69, 9.17) is 0 Å². The van der Waals surface area contributed by atoms with Gasteiger partial charge in [-0.15, -0.1) is 0 Å². The van der Waals surface area contributed by atoms with Crippen LogP contribution in [0.4, 0.5) is 0 Å². The van der Waals surface area contributed by atoms with Crippen molar-refractivity contribution >= 4 is 28.7 Å². The molecule has 4 rings (SSSR count). The Morgan fingerprint density at radius 1 is 1.00 bits per heavy atom. The lowest BCUT2D eigenvalue weighted by molar-refractivity contribution is -0.142. The average molecular weight is 434 g/mol. The van der Waals surface area contributed by atoms with Crippen molar-refractivity contribution in [2.24, 2.45) is 5.92 Å². The Labute approximate surface area is 186 Å². The van der Waals surface area contributed by atoms with Gasteiger partial charge in [-0.3, -0.25) is 9.59 Å². The summed E-state index contributed by atoms with van der Waals surface area (Å²) < 4.78 is 0. The third-order valence-electron chi connectivity index (χ3n) is 6.15. The fourth-order valence-electron chi connectivity index (χ4n) is 4.45. The second-order valence-electron chi connectivity index (χ2n) is 8.31. The van der Waals surface area contributed by atoms with Crippen LogP contribution in [0.1, 0.15) is 41.6 Å². The van der Waals surface area contributed by atoms with Crippen LogP contribution >= 0.6 is 0 Å². The number of carboxylic acid groups (broad SMARTS) is 1. The zero-order valence-electron chi connectivity index (χ0n) is 17.7. The smallest absolute Gasteiger partial charge is 0.326 e. The van der Waals surface area contributed by atoms with E-state index in [2.05, 4.69) is 15.6 Å². The molecule has 0 unspecified atom stereocenters. The van der Waals surface area contributed by atoms with Crippen molar-refractivity contribution in [2.75, 3.05) is 0 Å². The fraction of sp³-hybridized carbons (Fsp3) is 0.320. The number of benzene rings is 2. The highest BCUT2D eigenvalue weighted by molar-refractivity contribution is 6.07. The lowest BCUT2D eigenvalue weighted by Crippen LogP contribution is -2.52. The van der Waals surface area contributed by atoms with Crippen LogP contribution in [0.5, 0.6) is 0 Å². The lowest BCUT2D eigenvalue weighted by atomic mass is 9.83. The van der Waals surface area contributed by atoms with E-state index in [1.165, 1.54) is 0 Å². The summed E-state index contributed by atoms with van der Waals surface area (Å²) in [4.78, 5) is 40.9. The number of rotatable bonds is 7. The number of aromatic amines is 1. The summed E-state index contributed by atoms with van der Waals surface area (Å²) in [5.74, 6) is -2.09. The van der Waals surface area contributed by atoms with Crippen molar-refractivity contribution in [3.8, 4) is 0 Å². The quantitative estimate of drug-likeness (QED) is 0.458. The van der Waals surface area contributed by atoms with Gasteiger partial charge in [0.25, 0.3) is 5.91 Å². The molecule has 3 atom stereocenters. The average Bonchev–Trinajstić information content (AvgIpc) is 3.24. The van der Waals surface area contributed by atoms with Gasteiger partial charge in [0.1, 0.15) is 6.04 Å². The summed E-state index contributed by atoms with van der Waals surface area (Å²) in [5.41, 5.74) is 2.26. The molecule has 0 spiro atoms. The highest BCUT2D eigenvalue weighted by Crippen LogP contribution is 2.26. The SMILES string of the molecule is O=C(N[C@@H]1CCCC[C@H]1C(=O)N[C@@H](Cc1ccccc1)C(=O)O)c1c[nH]c2ccccc12. The maximum absolute atomic E-state index is 13.1. The topological polar surface area (TPSA) is 111 Å². The maximum Gasteiger partial charge on any atom is 0.326 e. The minimum absolute atomic E-state index is 0.209. The molecule has 3 aromatic rings. The molecule has 166 valence electrons. The number of carbonyl (C=O) groups excluding carboxylic acids is 2. The minimum Gasteiger partial charge on any atom is -0.480 e. The molecule has 4 N–H and O–H groups in total. The predicted molar refractivity (Wildman–Crippen MR) is 121 cm³/mol. The molecule has 7 heteroatoms. The van der Waals surface area contributed by atoms with Gasteiger partial charge in [0.05, 0.1) is 11.5 Å². The largest absolute Gasteiger partial charge is 0.480 e. The Hall–Kier alpha value is -3.61. The Morgan fingerprint density at radius 3 is 2.50 bits per heavy atom. The molecule has 32 heavy (non-hydrogen) atoms. The monoisotopic (exact) mass is 433 g/mol. The zero-order chi connectivity index (χ0) is 22.5. The van der Waals surface area contributed by atoms with Gasteiger partial charge < -0.3 is 20.7 Å². The summed E-state index contributed by atoms with van der Waals surface area (Å²) in [6.07, 6.45) is 4.97. The summed E-state index contributed by atoms with van der Waals surface area (Å²) >= 11 is 0. The van der Waals surface area contributed by atoms with Crippen molar-refractivity contribution < 1.29 is 19.5 Å². The van der Waals surface area contributed by atoms with Crippen molar-refractivity contribution in [1.82, 2.24) is 15.6 Å². The first-order valence-corrected chi connectivity index (χ1v) is 11.0. The molecule has 2 amide bonds. The molecule has 1 aliphatic carbocycles. The van der Waals surface area contributed by atoms with Crippen LogP contribution in [0.25, 0.3) is 10.9 Å². The predicted octanol–water partition coefficient (Wildman–Crippen LogP) is 3.27. The number of fused-ring (bicyclic) bond motifs is 1. The Balaban J connectivity index is 1.45. The lowest BCUT2D eigenvalue weighted by Gasteiger charge is -2.32. The first-order valence-electron chi connectivity index (χ1n) is 11.0. The van der Waals surface area contributed by atoms with Crippen LogP contribution in [-0.4, -0.2) is 40.0 Å². The van der Waals surface area contributed by atoms with Crippen molar-refractivity contribution in [1.29, 1.82) is 0 Å². The molecule has 1 aliphatic rings. The van der Waals surface area contributed by atoms with Gasteiger partial charge in [-0.25, -0.2) is 4.79 Å². The van der Waals surface area contributed by atoms with Crippen molar-refractivity contribution in [3.05, 3.63) is 71.9 Å². The van der Waals surface area contributed by atoms with Crippen molar-refractivity contribution in [3.63, 3.8) is 0 Å². The van der Waals surface area contributed by atoms with E-state index >= 15 is 0 Å². The summed E-state index contributed by atoms with van der Waals surface area (Å²) in [6, 6.07) is 15.4. The van der Waals surface area contributed by atoms with E-state index < -0.39 is 17.9 Å². The molecule has 1 fully saturated rings. The highest BCUT2D eigenvalue weighted by atomic mass is 16.4. The molecular weight excluding hydrogens is 406 g/mol. The normalized spacial score (nSPS) is 19.2. The Bertz CT molecular complexity index is 1110. The van der Waals surface area contributed by atoms with E-state index in [0.717, 1.165) is 29.3 Å². The third-order valence-corrected chi connectivity index (χ3v) is 6.15. The van der Waals surface area contributed by atoms with Crippen molar-refractivity contribution in [2.45, 2.75) is 44.2 Å². The molecule has 2 aromatic carbocycles.